The molecule has 1 N–H and O–H groups in total. The van der Waals surface area contributed by atoms with E-state index in [1.165, 1.54) is 0 Å². The van der Waals surface area contributed by atoms with Crippen LogP contribution in [0.4, 0.5) is 0 Å². The van der Waals surface area contributed by atoms with E-state index in [-0.39, 0.29) is 0 Å². The summed E-state index contributed by atoms with van der Waals surface area (Å²) in [5.74, 6) is 0. The van der Waals surface area contributed by atoms with Gasteiger partial charge in [0.1, 0.15) is 0 Å². The van der Waals surface area contributed by atoms with E-state index in [0.717, 1.165) is 26.2 Å². The van der Waals surface area contributed by atoms with Crippen LogP contribution < -0.4 is 5.32 Å². The lowest BCUT2D eigenvalue weighted by Gasteiger charge is -2.42. The monoisotopic (exact) mass is 305 g/mol. The minimum absolute atomic E-state index is 0.617. The summed E-state index contributed by atoms with van der Waals surface area (Å²) in [6.45, 7) is 12.0. The van der Waals surface area contributed by atoms with E-state index in [9.17, 15) is 0 Å². The fourth-order valence-corrected chi connectivity index (χ4v) is 2.16. The standard InChI is InChI=1S/C12H27N5S2/c1-7-15(8-2)17(16(9-3)10-4)12(19)13-11(18)14(5)6/h7-10H2,1-6H3,(H,13,18,19). The van der Waals surface area contributed by atoms with E-state index in [1.807, 2.05) is 24.1 Å². The first-order valence-electron chi connectivity index (χ1n) is 6.74. The van der Waals surface area contributed by atoms with Crippen molar-refractivity contribution in [1.29, 1.82) is 0 Å². The molecule has 0 aliphatic heterocycles. The minimum Gasteiger partial charge on any atom is -0.355 e. The largest absolute Gasteiger partial charge is 0.355 e. The van der Waals surface area contributed by atoms with Gasteiger partial charge in [-0.2, -0.15) is 0 Å². The Labute approximate surface area is 128 Å². The Kier molecular flexibility index (Phi) is 9.16. The van der Waals surface area contributed by atoms with Gasteiger partial charge >= 0.3 is 0 Å². The van der Waals surface area contributed by atoms with E-state index < -0.39 is 0 Å². The van der Waals surface area contributed by atoms with E-state index in [0.29, 0.717) is 10.2 Å². The molecule has 0 amide bonds. The molecule has 0 heterocycles. The van der Waals surface area contributed by atoms with Gasteiger partial charge in [-0.3, -0.25) is 0 Å². The zero-order chi connectivity index (χ0) is 15.0. The van der Waals surface area contributed by atoms with Crippen molar-refractivity contribution in [1.82, 2.24) is 25.4 Å². The fourth-order valence-electron chi connectivity index (χ4n) is 1.67. The van der Waals surface area contributed by atoms with Gasteiger partial charge in [-0.15, -0.1) is 0 Å². The van der Waals surface area contributed by atoms with Crippen molar-refractivity contribution in [2.45, 2.75) is 27.7 Å². The molecule has 0 aliphatic rings. The van der Waals surface area contributed by atoms with Crippen LogP contribution in [0.15, 0.2) is 0 Å². The molecule has 19 heavy (non-hydrogen) atoms. The Morgan fingerprint density at radius 3 is 1.42 bits per heavy atom. The predicted octanol–water partition coefficient (Wildman–Crippen LogP) is 1.52. The third-order valence-corrected chi connectivity index (χ3v) is 3.53. The van der Waals surface area contributed by atoms with Crippen LogP contribution in [0.2, 0.25) is 0 Å². The Balaban J connectivity index is 5.01. The van der Waals surface area contributed by atoms with Gasteiger partial charge < -0.3 is 10.2 Å². The number of nitrogens with zero attached hydrogens (tertiary/aromatic N) is 4. The van der Waals surface area contributed by atoms with Crippen LogP contribution in [0.5, 0.6) is 0 Å². The lowest BCUT2D eigenvalue weighted by Crippen LogP contribution is -2.60. The van der Waals surface area contributed by atoms with E-state index >= 15 is 0 Å². The molecule has 0 aliphatic carbocycles. The fraction of sp³-hybridized carbons (Fsp3) is 0.833. The molecule has 0 atom stereocenters. The van der Waals surface area contributed by atoms with Crippen molar-refractivity contribution in [3.8, 4) is 0 Å². The quantitative estimate of drug-likeness (QED) is 0.587. The van der Waals surface area contributed by atoms with Gasteiger partial charge in [-0.25, -0.2) is 15.1 Å². The molecule has 0 radical (unpaired) electrons. The van der Waals surface area contributed by atoms with Gasteiger partial charge in [0, 0.05) is 40.3 Å². The van der Waals surface area contributed by atoms with Crippen LogP contribution in [0.3, 0.4) is 0 Å². The van der Waals surface area contributed by atoms with Gasteiger partial charge in [0.2, 0.25) is 5.11 Å². The highest BCUT2D eigenvalue weighted by molar-refractivity contribution is 7.81. The SMILES string of the molecule is CCN(CC)N(C(=S)NC(=S)N(C)C)N(CC)CC. The summed E-state index contributed by atoms with van der Waals surface area (Å²) in [5.41, 5.74) is 0. The van der Waals surface area contributed by atoms with Gasteiger partial charge in [0.15, 0.2) is 5.11 Å². The van der Waals surface area contributed by atoms with Crippen LogP contribution in [0.25, 0.3) is 0 Å². The lowest BCUT2D eigenvalue weighted by molar-refractivity contribution is -0.115. The average molecular weight is 306 g/mol. The third-order valence-electron chi connectivity index (χ3n) is 2.80. The Morgan fingerprint density at radius 2 is 1.16 bits per heavy atom. The molecular weight excluding hydrogens is 278 g/mol. The first-order chi connectivity index (χ1) is 8.92. The van der Waals surface area contributed by atoms with E-state index in [4.69, 9.17) is 24.4 Å². The molecule has 7 heteroatoms. The Bertz CT molecular complexity index is 276. The molecule has 0 aromatic carbocycles. The summed E-state index contributed by atoms with van der Waals surface area (Å²) in [6.07, 6.45) is 0. The number of nitrogens with one attached hydrogen (secondary N) is 1. The second-order valence-corrected chi connectivity index (χ2v) is 4.97. The van der Waals surface area contributed by atoms with Gasteiger partial charge in [-0.05, 0) is 24.4 Å². The van der Waals surface area contributed by atoms with Gasteiger partial charge in [0.25, 0.3) is 0 Å². The topological polar surface area (TPSA) is 25.0 Å². The second-order valence-electron chi connectivity index (χ2n) is 4.20. The third kappa shape index (κ3) is 5.56. The molecule has 0 unspecified atom stereocenters. The Hall–Kier alpha value is -0.500. The van der Waals surface area contributed by atoms with Crippen molar-refractivity contribution in [3.63, 3.8) is 0 Å². The summed E-state index contributed by atoms with van der Waals surface area (Å²) in [5, 5.41) is 10.7. The molecule has 0 bridgehead atoms. The molecule has 0 spiro atoms. The smallest absolute Gasteiger partial charge is 0.205 e. The second kappa shape index (κ2) is 9.41. The van der Waals surface area contributed by atoms with Crippen molar-refractivity contribution in [3.05, 3.63) is 0 Å². The van der Waals surface area contributed by atoms with Crippen molar-refractivity contribution < 1.29 is 0 Å². The van der Waals surface area contributed by atoms with E-state index in [1.54, 1.807) is 0 Å². The van der Waals surface area contributed by atoms with Crippen LogP contribution in [0, 0.1) is 0 Å². The normalized spacial score (nSPS) is 10.7. The number of hydrazine groups is 2. The zero-order valence-corrected chi connectivity index (χ0v) is 14.6. The van der Waals surface area contributed by atoms with Crippen LogP contribution in [0.1, 0.15) is 27.7 Å². The lowest BCUT2D eigenvalue weighted by atomic mass is 10.6. The van der Waals surface area contributed by atoms with Crippen LogP contribution in [-0.2, 0) is 0 Å². The maximum atomic E-state index is 5.51. The molecule has 0 saturated carbocycles. The first-order valence-corrected chi connectivity index (χ1v) is 7.56. The summed E-state index contributed by atoms with van der Waals surface area (Å²) < 4.78 is 0. The van der Waals surface area contributed by atoms with Crippen molar-refractivity contribution >= 4 is 34.7 Å². The Morgan fingerprint density at radius 1 is 0.789 bits per heavy atom. The highest BCUT2D eigenvalue weighted by Crippen LogP contribution is 2.05. The predicted molar refractivity (Wildman–Crippen MR) is 89.7 cm³/mol. The summed E-state index contributed by atoms with van der Waals surface area (Å²) in [6, 6.07) is 0. The molecule has 0 fully saturated rings. The number of thiocarbonyl (C=S) groups is 2. The maximum absolute atomic E-state index is 5.51. The number of rotatable bonds is 6. The highest BCUT2D eigenvalue weighted by atomic mass is 32.1. The molecule has 0 rings (SSSR count). The van der Waals surface area contributed by atoms with Crippen molar-refractivity contribution in [2.24, 2.45) is 0 Å². The first kappa shape index (κ1) is 18.5. The molecule has 5 nitrogen and oxygen atoms in total. The van der Waals surface area contributed by atoms with E-state index in [2.05, 4.69) is 43.0 Å². The minimum atomic E-state index is 0.617. The molecule has 112 valence electrons. The zero-order valence-electron chi connectivity index (χ0n) is 12.9. The van der Waals surface area contributed by atoms with Crippen LogP contribution in [-0.4, -0.2) is 70.5 Å². The van der Waals surface area contributed by atoms with Gasteiger partial charge in [0.05, 0.1) is 0 Å². The highest BCUT2D eigenvalue weighted by Gasteiger charge is 2.22. The summed E-state index contributed by atoms with van der Waals surface area (Å²) >= 11 is 10.8. The van der Waals surface area contributed by atoms with Gasteiger partial charge in [-0.1, -0.05) is 27.7 Å². The maximum Gasteiger partial charge on any atom is 0.205 e. The number of hydrogen-bond donors (Lipinski definition) is 1. The number of hydrogen-bond acceptors (Lipinski definition) is 4. The summed E-state index contributed by atoms with van der Waals surface area (Å²) in [7, 11) is 3.80. The molecular formula is C12H27N5S2. The van der Waals surface area contributed by atoms with Crippen molar-refractivity contribution in [2.75, 3.05) is 40.3 Å². The summed E-state index contributed by atoms with van der Waals surface area (Å²) in [4.78, 5) is 1.84. The molecule has 0 aromatic rings. The molecule has 0 aromatic heterocycles. The van der Waals surface area contributed by atoms with Crippen LogP contribution >= 0.6 is 24.4 Å². The average Bonchev–Trinajstić information content (AvgIpc) is 2.38. The molecule has 0 saturated heterocycles.